The van der Waals surface area contributed by atoms with Gasteiger partial charge in [-0.2, -0.15) is 0 Å². The van der Waals surface area contributed by atoms with Crippen LogP contribution in [-0.2, 0) is 5.41 Å². The zero-order valence-corrected chi connectivity index (χ0v) is 11.4. The maximum atomic E-state index is 5.91. The zero-order chi connectivity index (χ0) is 13.2. The van der Waals surface area contributed by atoms with Gasteiger partial charge in [0.1, 0.15) is 0 Å². The Balaban J connectivity index is 2.19. The molecule has 0 saturated heterocycles. The van der Waals surface area contributed by atoms with Crippen molar-refractivity contribution >= 4 is 11.6 Å². The fourth-order valence-electron chi connectivity index (χ4n) is 1.44. The van der Waals surface area contributed by atoms with E-state index in [4.69, 9.17) is 16.3 Å². The van der Waals surface area contributed by atoms with Gasteiger partial charge in [-0.15, -0.1) is 0 Å². The van der Waals surface area contributed by atoms with Gasteiger partial charge < -0.3 is 4.74 Å². The van der Waals surface area contributed by atoms with Crippen LogP contribution >= 0.6 is 11.6 Å². The molecular formula is C14H15ClN2O. The van der Waals surface area contributed by atoms with E-state index in [0.717, 1.165) is 5.56 Å². The quantitative estimate of drug-likeness (QED) is 0.760. The van der Waals surface area contributed by atoms with Crippen LogP contribution in [0.3, 0.4) is 0 Å². The lowest BCUT2D eigenvalue weighted by molar-refractivity contribution is 0.459. The maximum absolute atomic E-state index is 5.91. The van der Waals surface area contributed by atoms with Crippen molar-refractivity contribution in [1.82, 2.24) is 9.97 Å². The molecule has 0 fully saturated rings. The van der Waals surface area contributed by atoms with Crippen LogP contribution in [0.15, 0.2) is 36.7 Å². The number of ether oxygens (including phenoxy) is 1. The number of halogens is 1. The lowest BCUT2D eigenvalue weighted by Crippen LogP contribution is -2.11. The third-order valence-corrected chi connectivity index (χ3v) is 2.83. The smallest absolute Gasteiger partial charge is 0.219 e. The number of hydrogen-bond acceptors (Lipinski definition) is 3. The average molecular weight is 263 g/mol. The summed E-state index contributed by atoms with van der Waals surface area (Å²) < 4.78 is 5.57. The topological polar surface area (TPSA) is 35.0 Å². The lowest BCUT2D eigenvalue weighted by Gasteiger charge is -2.18. The van der Waals surface area contributed by atoms with Gasteiger partial charge in [0.2, 0.25) is 5.88 Å². The first-order valence-corrected chi connectivity index (χ1v) is 6.09. The summed E-state index contributed by atoms with van der Waals surface area (Å²) >= 11 is 5.91. The Kier molecular flexibility index (Phi) is 3.53. The van der Waals surface area contributed by atoms with E-state index in [9.17, 15) is 0 Å². The summed E-state index contributed by atoms with van der Waals surface area (Å²) in [6, 6.07) is 7.37. The summed E-state index contributed by atoms with van der Waals surface area (Å²) in [5.74, 6) is 1.02. The molecule has 2 rings (SSSR count). The third kappa shape index (κ3) is 2.99. The van der Waals surface area contributed by atoms with E-state index in [0.29, 0.717) is 16.8 Å². The minimum Gasteiger partial charge on any atom is -0.436 e. The summed E-state index contributed by atoms with van der Waals surface area (Å²) in [7, 11) is 0. The van der Waals surface area contributed by atoms with Crippen LogP contribution < -0.4 is 4.74 Å². The van der Waals surface area contributed by atoms with Crippen LogP contribution in [0.1, 0.15) is 26.3 Å². The summed E-state index contributed by atoms with van der Waals surface area (Å²) in [5, 5.41) is 0.333. The van der Waals surface area contributed by atoms with Gasteiger partial charge >= 0.3 is 0 Å². The monoisotopic (exact) mass is 262 g/mol. The second kappa shape index (κ2) is 4.94. The molecule has 94 valence electrons. The number of nitrogens with zero attached hydrogens (tertiary/aromatic N) is 2. The molecule has 0 spiro atoms. The van der Waals surface area contributed by atoms with Crippen LogP contribution in [0.5, 0.6) is 11.6 Å². The first kappa shape index (κ1) is 12.8. The van der Waals surface area contributed by atoms with E-state index in [-0.39, 0.29) is 5.41 Å². The molecule has 2 aromatic heterocycles. The Morgan fingerprint density at radius 3 is 2.44 bits per heavy atom. The lowest BCUT2D eigenvalue weighted by atomic mass is 9.88. The van der Waals surface area contributed by atoms with E-state index in [1.807, 2.05) is 18.3 Å². The molecule has 2 heterocycles. The van der Waals surface area contributed by atoms with Crippen LogP contribution in [0.2, 0.25) is 5.15 Å². The number of rotatable bonds is 2. The second-order valence-electron chi connectivity index (χ2n) is 5.03. The Labute approximate surface area is 112 Å². The predicted molar refractivity (Wildman–Crippen MR) is 72.3 cm³/mol. The molecular weight excluding hydrogens is 248 g/mol. The van der Waals surface area contributed by atoms with Crippen molar-refractivity contribution in [2.45, 2.75) is 26.2 Å². The maximum Gasteiger partial charge on any atom is 0.219 e. The minimum atomic E-state index is 0.0808. The molecule has 0 atom stereocenters. The van der Waals surface area contributed by atoms with Crippen molar-refractivity contribution in [1.29, 1.82) is 0 Å². The normalized spacial score (nSPS) is 11.3. The first-order chi connectivity index (χ1) is 8.47. The van der Waals surface area contributed by atoms with Gasteiger partial charge in [-0.25, -0.2) is 9.97 Å². The van der Waals surface area contributed by atoms with E-state index in [2.05, 4.69) is 30.7 Å². The second-order valence-corrected chi connectivity index (χ2v) is 5.39. The average Bonchev–Trinajstić information content (AvgIpc) is 2.32. The van der Waals surface area contributed by atoms with Crippen molar-refractivity contribution in [3.05, 3.63) is 47.4 Å². The molecule has 0 aromatic carbocycles. The molecule has 0 N–H and O–H groups in total. The molecule has 3 nitrogen and oxygen atoms in total. The summed E-state index contributed by atoms with van der Waals surface area (Å²) in [5.41, 5.74) is 1.24. The number of pyridine rings is 2. The van der Waals surface area contributed by atoms with E-state index < -0.39 is 0 Å². The molecule has 0 aliphatic heterocycles. The van der Waals surface area contributed by atoms with Crippen LogP contribution in [0.4, 0.5) is 0 Å². The standard InChI is InChI=1S/C14H15ClN2O/c1-14(2,3)10-6-7-12(17-9-10)18-11-5-4-8-16-13(11)15/h4-9H,1-3H3. The molecule has 0 aliphatic rings. The highest BCUT2D eigenvalue weighted by Gasteiger charge is 2.14. The highest BCUT2D eigenvalue weighted by Crippen LogP contribution is 2.27. The molecule has 2 aromatic rings. The zero-order valence-electron chi connectivity index (χ0n) is 10.6. The minimum absolute atomic E-state index is 0.0808. The Bertz CT molecular complexity index is 532. The number of aromatic nitrogens is 2. The van der Waals surface area contributed by atoms with Gasteiger partial charge in [-0.3, -0.25) is 0 Å². The highest BCUT2D eigenvalue weighted by atomic mass is 35.5. The molecule has 0 aliphatic carbocycles. The third-order valence-electron chi connectivity index (χ3n) is 2.54. The van der Waals surface area contributed by atoms with E-state index in [1.54, 1.807) is 18.3 Å². The van der Waals surface area contributed by atoms with Gasteiger partial charge in [0, 0.05) is 18.5 Å². The molecule has 0 amide bonds. The van der Waals surface area contributed by atoms with Gasteiger partial charge in [0.25, 0.3) is 0 Å². The Morgan fingerprint density at radius 1 is 1.11 bits per heavy atom. The first-order valence-electron chi connectivity index (χ1n) is 5.72. The Morgan fingerprint density at radius 2 is 1.89 bits per heavy atom. The summed E-state index contributed by atoms with van der Waals surface area (Å²) in [4.78, 5) is 8.22. The van der Waals surface area contributed by atoms with Crippen molar-refractivity contribution < 1.29 is 4.74 Å². The van der Waals surface area contributed by atoms with Crippen LogP contribution in [0, 0.1) is 0 Å². The fraction of sp³-hybridized carbons (Fsp3) is 0.286. The molecule has 0 radical (unpaired) electrons. The highest BCUT2D eigenvalue weighted by molar-refractivity contribution is 6.30. The Hall–Kier alpha value is -1.61. The van der Waals surface area contributed by atoms with E-state index >= 15 is 0 Å². The SMILES string of the molecule is CC(C)(C)c1ccc(Oc2cccnc2Cl)nc1. The summed E-state index contributed by atoms with van der Waals surface area (Å²) in [6.07, 6.45) is 3.44. The van der Waals surface area contributed by atoms with Crippen molar-refractivity contribution in [3.63, 3.8) is 0 Å². The molecule has 4 heteroatoms. The summed E-state index contributed by atoms with van der Waals surface area (Å²) in [6.45, 7) is 6.42. The largest absolute Gasteiger partial charge is 0.436 e. The van der Waals surface area contributed by atoms with Crippen molar-refractivity contribution in [2.75, 3.05) is 0 Å². The van der Waals surface area contributed by atoms with Gasteiger partial charge in [-0.1, -0.05) is 38.4 Å². The van der Waals surface area contributed by atoms with Crippen molar-refractivity contribution in [2.24, 2.45) is 0 Å². The van der Waals surface area contributed by atoms with E-state index in [1.165, 1.54) is 0 Å². The van der Waals surface area contributed by atoms with Crippen LogP contribution in [-0.4, -0.2) is 9.97 Å². The van der Waals surface area contributed by atoms with Crippen molar-refractivity contribution in [3.8, 4) is 11.6 Å². The number of hydrogen-bond donors (Lipinski definition) is 0. The molecule has 18 heavy (non-hydrogen) atoms. The fourth-order valence-corrected chi connectivity index (χ4v) is 1.60. The molecule has 0 bridgehead atoms. The van der Waals surface area contributed by atoms with Gasteiger partial charge in [-0.05, 0) is 23.1 Å². The molecule has 0 saturated carbocycles. The van der Waals surface area contributed by atoms with Crippen LogP contribution in [0.25, 0.3) is 0 Å². The predicted octanol–water partition coefficient (Wildman–Crippen LogP) is 4.22. The molecule has 0 unspecified atom stereocenters. The van der Waals surface area contributed by atoms with Gasteiger partial charge in [0.15, 0.2) is 10.9 Å². The van der Waals surface area contributed by atoms with Gasteiger partial charge in [0.05, 0.1) is 0 Å².